The zero-order chi connectivity index (χ0) is 15.8. The number of carbonyl (C=O) groups excluding carboxylic acids is 1. The first-order valence-corrected chi connectivity index (χ1v) is 8.32. The molecule has 6 heteroatoms. The average Bonchev–Trinajstić information content (AvgIpc) is 3.00. The molecule has 2 aliphatic heterocycles. The van der Waals surface area contributed by atoms with Gasteiger partial charge in [0.15, 0.2) is 5.65 Å². The average molecular weight is 311 g/mol. The van der Waals surface area contributed by atoms with Crippen molar-refractivity contribution in [1.29, 1.82) is 0 Å². The smallest absolute Gasteiger partial charge is 0.222 e. The minimum atomic E-state index is 0.300. The van der Waals surface area contributed by atoms with Crippen LogP contribution in [0.4, 0.5) is 5.69 Å². The Kier molecular flexibility index (Phi) is 3.59. The molecule has 1 amide bonds. The Balaban J connectivity index is 1.66. The van der Waals surface area contributed by atoms with E-state index in [0.717, 1.165) is 43.7 Å². The molecule has 0 N–H and O–H groups in total. The molecule has 0 aliphatic carbocycles. The lowest BCUT2D eigenvalue weighted by atomic mass is 9.94. The molecule has 2 aliphatic rings. The number of aromatic nitrogens is 3. The van der Waals surface area contributed by atoms with E-state index in [1.807, 2.05) is 6.07 Å². The molecule has 2 saturated heterocycles. The minimum Gasteiger partial charge on any atom is -0.367 e. The van der Waals surface area contributed by atoms with Crippen molar-refractivity contribution in [2.75, 3.05) is 24.5 Å². The highest BCUT2D eigenvalue weighted by atomic mass is 16.2. The van der Waals surface area contributed by atoms with Gasteiger partial charge in [-0.2, -0.15) is 0 Å². The highest BCUT2D eigenvalue weighted by molar-refractivity contribution is 5.85. The zero-order valence-corrected chi connectivity index (χ0v) is 13.4. The van der Waals surface area contributed by atoms with E-state index in [0.29, 0.717) is 29.9 Å². The number of hydrogen-bond acceptors (Lipinski definition) is 5. The summed E-state index contributed by atoms with van der Waals surface area (Å²) in [4.78, 5) is 29.6. The van der Waals surface area contributed by atoms with Crippen molar-refractivity contribution < 1.29 is 4.79 Å². The Morgan fingerprint density at radius 2 is 1.96 bits per heavy atom. The van der Waals surface area contributed by atoms with Crippen molar-refractivity contribution in [3.63, 3.8) is 0 Å². The molecule has 6 nitrogen and oxygen atoms in total. The lowest BCUT2D eigenvalue weighted by Gasteiger charge is -2.41. The number of amides is 1. The van der Waals surface area contributed by atoms with Gasteiger partial charge in [-0.1, -0.05) is 6.92 Å². The third kappa shape index (κ3) is 2.62. The largest absolute Gasteiger partial charge is 0.367 e. The molecular formula is C17H21N5O. The summed E-state index contributed by atoms with van der Waals surface area (Å²) >= 11 is 0. The van der Waals surface area contributed by atoms with Gasteiger partial charge in [0, 0.05) is 50.7 Å². The Hall–Kier alpha value is -2.24. The van der Waals surface area contributed by atoms with Crippen molar-refractivity contribution in [2.45, 2.75) is 32.2 Å². The Bertz CT molecular complexity index is 729. The van der Waals surface area contributed by atoms with E-state index < -0.39 is 0 Å². The van der Waals surface area contributed by atoms with Gasteiger partial charge in [-0.05, 0) is 24.8 Å². The zero-order valence-electron chi connectivity index (χ0n) is 13.4. The predicted molar refractivity (Wildman–Crippen MR) is 88.1 cm³/mol. The van der Waals surface area contributed by atoms with Gasteiger partial charge in [0.2, 0.25) is 5.91 Å². The van der Waals surface area contributed by atoms with Crippen LogP contribution in [0.2, 0.25) is 0 Å². The number of hydrogen-bond donors (Lipinski definition) is 0. The van der Waals surface area contributed by atoms with Gasteiger partial charge in [0.05, 0.1) is 5.69 Å². The summed E-state index contributed by atoms with van der Waals surface area (Å²) in [6.45, 7) is 5.01. The summed E-state index contributed by atoms with van der Waals surface area (Å²) in [5.41, 5.74) is 2.60. The molecule has 4 heterocycles. The molecular weight excluding hydrogens is 290 g/mol. The highest BCUT2D eigenvalue weighted by Gasteiger charge is 2.34. The van der Waals surface area contributed by atoms with Crippen LogP contribution in [0.25, 0.3) is 11.2 Å². The first-order chi connectivity index (χ1) is 11.2. The van der Waals surface area contributed by atoms with Crippen LogP contribution in [-0.4, -0.2) is 51.4 Å². The number of pyridine rings is 1. The number of nitrogens with zero attached hydrogens (tertiary/aromatic N) is 5. The van der Waals surface area contributed by atoms with Crippen LogP contribution in [0.15, 0.2) is 24.7 Å². The van der Waals surface area contributed by atoms with Crippen molar-refractivity contribution in [3.8, 4) is 0 Å². The lowest BCUT2D eigenvalue weighted by molar-refractivity contribution is -0.130. The van der Waals surface area contributed by atoms with Crippen molar-refractivity contribution in [1.82, 2.24) is 19.9 Å². The fraction of sp³-hybridized carbons (Fsp3) is 0.529. The second-order valence-electron chi connectivity index (χ2n) is 6.65. The molecule has 4 rings (SSSR count). The number of piperidine rings is 1. The second kappa shape index (κ2) is 5.76. The third-order valence-corrected chi connectivity index (χ3v) is 4.88. The van der Waals surface area contributed by atoms with Gasteiger partial charge in [-0.25, -0.2) is 15.0 Å². The van der Waals surface area contributed by atoms with E-state index in [4.69, 9.17) is 0 Å². The standard InChI is InChI=1S/C17H21N5O/c1-12-9-13(22-8-2-3-15(22)23)11-21(10-12)14-4-5-19-17-16(14)18-6-7-20-17/h4-7,12-13H,2-3,8-11H2,1H3. The van der Waals surface area contributed by atoms with E-state index in [-0.39, 0.29) is 0 Å². The summed E-state index contributed by atoms with van der Waals surface area (Å²) in [7, 11) is 0. The fourth-order valence-electron chi connectivity index (χ4n) is 3.91. The monoisotopic (exact) mass is 311 g/mol. The molecule has 2 atom stereocenters. The Morgan fingerprint density at radius 1 is 1.13 bits per heavy atom. The van der Waals surface area contributed by atoms with E-state index in [1.54, 1.807) is 18.6 Å². The molecule has 23 heavy (non-hydrogen) atoms. The quantitative estimate of drug-likeness (QED) is 0.847. The summed E-state index contributed by atoms with van der Waals surface area (Å²) in [6.07, 6.45) is 7.95. The van der Waals surface area contributed by atoms with E-state index >= 15 is 0 Å². The van der Waals surface area contributed by atoms with Crippen LogP contribution >= 0.6 is 0 Å². The lowest BCUT2D eigenvalue weighted by Crippen LogP contribution is -2.51. The molecule has 0 saturated carbocycles. The van der Waals surface area contributed by atoms with Gasteiger partial charge < -0.3 is 9.80 Å². The highest BCUT2D eigenvalue weighted by Crippen LogP contribution is 2.30. The minimum absolute atomic E-state index is 0.300. The number of carbonyl (C=O) groups is 1. The maximum absolute atomic E-state index is 12.1. The number of anilines is 1. The SMILES string of the molecule is CC1CC(N2CCCC2=O)CN(c2ccnc3nccnc23)C1. The fourth-order valence-corrected chi connectivity index (χ4v) is 3.91. The molecule has 0 radical (unpaired) electrons. The first kappa shape index (κ1) is 14.4. The molecule has 2 aromatic heterocycles. The van der Waals surface area contributed by atoms with Crippen LogP contribution < -0.4 is 4.90 Å². The van der Waals surface area contributed by atoms with Gasteiger partial charge in [0.25, 0.3) is 0 Å². The van der Waals surface area contributed by atoms with E-state index in [1.165, 1.54) is 0 Å². The number of fused-ring (bicyclic) bond motifs is 1. The van der Waals surface area contributed by atoms with Crippen LogP contribution in [0.3, 0.4) is 0 Å². The van der Waals surface area contributed by atoms with Gasteiger partial charge >= 0.3 is 0 Å². The third-order valence-electron chi connectivity index (χ3n) is 4.88. The Morgan fingerprint density at radius 3 is 2.78 bits per heavy atom. The molecule has 2 fully saturated rings. The molecule has 2 aromatic rings. The van der Waals surface area contributed by atoms with Crippen molar-refractivity contribution in [2.24, 2.45) is 5.92 Å². The van der Waals surface area contributed by atoms with Crippen LogP contribution in [0, 0.1) is 5.92 Å². The molecule has 0 aromatic carbocycles. The Labute approximate surface area is 135 Å². The maximum atomic E-state index is 12.1. The number of rotatable bonds is 2. The molecule has 2 unspecified atom stereocenters. The maximum Gasteiger partial charge on any atom is 0.222 e. The van der Waals surface area contributed by atoms with Crippen LogP contribution in [0.1, 0.15) is 26.2 Å². The second-order valence-corrected chi connectivity index (χ2v) is 6.65. The summed E-state index contributed by atoms with van der Waals surface area (Å²) in [5, 5.41) is 0. The van der Waals surface area contributed by atoms with Crippen molar-refractivity contribution in [3.05, 3.63) is 24.7 Å². The molecule has 120 valence electrons. The molecule has 0 spiro atoms. The normalized spacial score (nSPS) is 25.3. The van der Waals surface area contributed by atoms with E-state index in [2.05, 4.69) is 31.7 Å². The van der Waals surface area contributed by atoms with Crippen molar-refractivity contribution >= 4 is 22.8 Å². The first-order valence-electron chi connectivity index (χ1n) is 8.32. The number of likely N-dealkylation sites (tertiary alicyclic amines) is 1. The summed E-state index contributed by atoms with van der Waals surface area (Å²) in [5.74, 6) is 0.852. The summed E-state index contributed by atoms with van der Waals surface area (Å²) in [6, 6.07) is 2.31. The summed E-state index contributed by atoms with van der Waals surface area (Å²) < 4.78 is 0. The van der Waals surface area contributed by atoms with E-state index in [9.17, 15) is 4.79 Å². The topological polar surface area (TPSA) is 62.2 Å². The predicted octanol–water partition coefficient (Wildman–Crippen LogP) is 1.86. The molecule has 0 bridgehead atoms. The van der Waals surface area contributed by atoms with Crippen LogP contribution in [-0.2, 0) is 4.79 Å². The van der Waals surface area contributed by atoms with Gasteiger partial charge in [-0.3, -0.25) is 4.79 Å². The van der Waals surface area contributed by atoms with Gasteiger partial charge in [-0.15, -0.1) is 0 Å². The van der Waals surface area contributed by atoms with Gasteiger partial charge in [0.1, 0.15) is 5.52 Å². The van der Waals surface area contributed by atoms with Crippen LogP contribution in [0.5, 0.6) is 0 Å².